The molecule has 2 rings (SSSR count). The standard InChI is InChI=1S/C21H34BN2O10PS/c1-7-23(36(29,30)17-11-9-8-10-15(17)24(25)26)13-31-19-18(34-35(27,28)14(2)3)16(33-20(19)22)12-32-21(4,5)6/h8-11,14,16,18-20H,7,12-13H2,1-6H3,(H,27,28)/t16-,18?,19+,20-/m1/s1. The van der Waals surface area contributed by atoms with Crippen molar-refractivity contribution in [3.05, 3.63) is 34.4 Å². The third-order valence-corrected chi connectivity index (χ3v) is 9.19. The Balaban J connectivity index is 2.30. The fourth-order valence-corrected chi connectivity index (χ4v) is 5.62. The zero-order chi connectivity index (χ0) is 27.5. The number of benzene rings is 1. The van der Waals surface area contributed by atoms with Gasteiger partial charge in [-0.3, -0.25) is 19.2 Å². The van der Waals surface area contributed by atoms with Crippen LogP contribution >= 0.6 is 7.60 Å². The van der Waals surface area contributed by atoms with Crippen LogP contribution in [0.1, 0.15) is 41.5 Å². The summed E-state index contributed by atoms with van der Waals surface area (Å²) in [6.07, 6.45) is -3.15. The fraction of sp³-hybridized carbons (Fsp3) is 0.714. The lowest BCUT2D eigenvalue weighted by Crippen LogP contribution is -2.43. The summed E-state index contributed by atoms with van der Waals surface area (Å²) in [6, 6.07) is 3.85. The van der Waals surface area contributed by atoms with Gasteiger partial charge in [0.25, 0.3) is 15.7 Å². The minimum absolute atomic E-state index is 0.0220. The van der Waals surface area contributed by atoms with E-state index in [0.717, 1.165) is 16.4 Å². The van der Waals surface area contributed by atoms with Gasteiger partial charge < -0.3 is 19.1 Å². The molecule has 36 heavy (non-hydrogen) atoms. The van der Waals surface area contributed by atoms with Crippen LogP contribution in [0.15, 0.2) is 29.2 Å². The second kappa shape index (κ2) is 12.0. The van der Waals surface area contributed by atoms with E-state index in [1.165, 1.54) is 32.9 Å². The van der Waals surface area contributed by atoms with Crippen molar-refractivity contribution in [2.24, 2.45) is 0 Å². The molecular formula is C21H34BN2O10PS. The van der Waals surface area contributed by atoms with Gasteiger partial charge in [0.05, 0.1) is 22.8 Å². The summed E-state index contributed by atoms with van der Waals surface area (Å²) < 4.78 is 62.8. The van der Waals surface area contributed by atoms with Gasteiger partial charge in [0.1, 0.15) is 32.9 Å². The zero-order valence-corrected chi connectivity index (χ0v) is 23.0. The van der Waals surface area contributed by atoms with E-state index in [1.807, 2.05) is 20.8 Å². The van der Waals surface area contributed by atoms with Crippen LogP contribution in [0.4, 0.5) is 5.69 Å². The van der Waals surface area contributed by atoms with Crippen molar-refractivity contribution in [2.45, 2.75) is 82.0 Å². The van der Waals surface area contributed by atoms with Crippen LogP contribution in [0.5, 0.6) is 0 Å². The van der Waals surface area contributed by atoms with E-state index in [4.69, 9.17) is 26.6 Å². The molecule has 1 aromatic rings. The summed E-state index contributed by atoms with van der Waals surface area (Å²) in [5.41, 5.74) is -1.85. The molecule has 0 saturated carbocycles. The fourth-order valence-electron chi connectivity index (χ4n) is 3.30. The molecule has 1 aliphatic rings. The van der Waals surface area contributed by atoms with Crippen molar-refractivity contribution in [3.8, 4) is 0 Å². The van der Waals surface area contributed by atoms with Crippen LogP contribution in [0.2, 0.25) is 0 Å². The summed E-state index contributed by atoms with van der Waals surface area (Å²) in [4.78, 5) is 20.5. The average molecular weight is 548 g/mol. The van der Waals surface area contributed by atoms with Gasteiger partial charge in [0.15, 0.2) is 4.90 Å². The Hall–Kier alpha value is -1.38. The average Bonchev–Trinajstić information content (AvgIpc) is 3.05. The second-order valence-electron chi connectivity index (χ2n) is 9.55. The Bertz CT molecular complexity index is 1070. The predicted molar refractivity (Wildman–Crippen MR) is 132 cm³/mol. The Morgan fingerprint density at radius 3 is 2.42 bits per heavy atom. The highest BCUT2D eigenvalue weighted by molar-refractivity contribution is 7.89. The summed E-state index contributed by atoms with van der Waals surface area (Å²) in [6.45, 7) is 9.38. The number of hydrogen-bond acceptors (Lipinski definition) is 9. The Kier molecular flexibility index (Phi) is 10.3. The molecule has 1 aliphatic heterocycles. The highest BCUT2D eigenvalue weighted by Crippen LogP contribution is 2.50. The molecule has 1 aromatic carbocycles. The van der Waals surface area contributed by atoms with E-state index in [1.54, 1.807) is 0 Å². The highest BCUT2D eigenvalue weighted by atomic mass is 32.2. The van der Waals surface area contributed by atoms with Crippen LogP contribution in [0, 0.1) is 10.1 Å². The molecule has 0 aliphatic carbocycles. The molecule has 1 N–H and O–H groups in total. The summed E-state index contributed by atoms with van der Waals surface area (Å²) >= 11 is 0. The van der Waals surface area contributed by atoms with Crippen molar-refractivity contribution >= 4 is 31.2 Å². The molecule has 0 spiro atoms. The number of rotatable bonds is 12. The van der Waals surface area contributed by atoms with Gasteiger partial charge in [0.2, 0.25) is 0 Å². The first-order valence-electron chi connectivity index (χ1n) is 11.4. The van der Waals surface area contributed by atoms with Crippen LogP contribution in [0.3, 0.4) is 0 Å². The van der Waals surface area contributed by atoms with E-state index < -0.39 is 75.4 Å². The zero-order valence-electron chi connectivity index (χ0n) is 21.3. The molecule has 15 heteroatoms. The van der Waals surface area contributed by atoms with E-state index in [0.29, 0.717) is 0 Å². The number of ether oxygens (including phenoxy) is 3. The van der Waals surface area contributed by atoms with Gasteiger partial charge in [0, 0.05) is 18.6 Å². The number of para-hydroxylation sites is 1. The van der Waals surface area contributed by atoms with Crippen molar-refractivity contribution in [2.75, 3.05) is 19.9 Å². The third-order valence-electron chi connectivity index (χ3n) is 5.40. The molecular weight excluding hydrogens is 514 g/mol. The van der Waals surface area contributed by atoms with Gasteiger partial charge in [-0.25, -0.2) is 8.42 Å². The highest BCUT2D eigenvalue weighted by Gasteiger charge is 2.48. The monoisotopic (exact) mass is 548 g/mol. The molecule has 12 nitrogen and oxygen atoms in total. The topological polar surface area (TPSA) is 155 Å². The van der Waals surface area contributed by atoms with Crippen molar-refractivity contribution in [1.82, 2.24) is 4.31 Å². The van der Waals surface area contributed by atoms with Crippen LogP contribution < -0.4 is 0 Å². The third kappa shape index (κ3) is 7.58. The van der Waals surface area contributed by atoms with Crippen LogP contribution in [-0.4, -0.2) is 85.8 Å². The minimum Gasteiger partial charge on any atom is -0.377 e. The lowest BCUT2D eigenvalue weighted by molar-refractivity contribution is -0.387. The Morgan fingerprint density at radius 2 is 1.89 bits per heavy atom. The van der Waals surface area contributed by atoms with Gasteiger partial charge in [-0.1, -0.05) is 32.9 Å². The first-order chi connectivity index (χ1) is 16.5. The Labute approximate surface area is 213 Å². The number of nitro benzene ring substituents is 1. The molecule has 202 valence electrons. The van der Waals surface area contributed by atoms with Gasteiger partial charge >= 0.3 is 7.60 Å². The largest absolute Gasteiger partial charge is 0.377 e. The molecule has 5 atom stereocenters. The van der Waals surface area contributed by atoms with Crippen LogP contribution in [-0.2, 0) is 33.3 Å². The number of hydrogen-bond donors (Lipinski definition) is 1. The first kappa shape index (κ1) is 30.8. The quantitative estimate of drug-likeness (QED) is 0.136. The second-order valence-corrected chi connectivity index (χ2v) is 13.8. The summed E-state index contributed by atoms with van der Waals surface area (Å²) in [5, 5.41) is 11.4. The van der Waals surface area contributed by atoms with E-state index in [9.17, 15) is 28.0 Å². The molecule has 1 saturated heterocycles. The SMILES string of the molecule is [B][C@@H]1O[C@H](COC(C)(C)C)C(OP(=O)(O)C(C)C)[C@@H]1OCN(CC)S(=O)(=O)c1ccccc1[N+](=O)[O-]. The van der Waals surface area contributed by atoms with Crippen molar-refractivity contribution < 1.29 is 41.5 Å². The number of sulfonamides is 1. The maximum atomic E-state index is 13.2. The maximum absolute atomic E-state index is 13.2. The predicted octanol–water partition coefficient (Wildman–Crippen LogP) is 2.64. The van der Waals surface area contributed by atoms with Gasteiger partial charge in [-0.2, -0.15) is 4.31 Å². The van der Waals surface area contributed by atoms with Crippen molar-refractivity contribution in [3.63, 3.8) is 0 Å². The smallest absolute Gasteiger partial charge is 0.331 e. The van der Waals surface area contributed by atoms with Crippen molar-refractivity contribution in [1.29, 1.82) is 0 Å². The Morgan fingerprint density at radius 1 is 1.28 bits per heavy atom. The lowest BCUT2D eigenvalue weighted by atomic mass is 9.93. The molecule has 2 unspecified atom stereocenters. The van der Waals surface area contributed by atoms with E-state index >= 15 is 0 Å². The minimum atomic E-state index is -4.33. The lowest BCUT2D eigenvalue weighted by Gasteiger charge is -2.30. The maximum Gasteiger partial charge on any atom is 0.331 e. The number of nitrogens with zero attached hydrogens (tertiary/aromatic N) is 2. The van der Waals surface area contributed by atoms with Gasteiger partial charge in [-0.05, 0) is 26.8 Å². The van der Waals surface area contributed by atoms with Crippen LogP contribution in [0.25, 0.3) is 0 Å². The van der Waals surface area contributed by atoms with E-state index in [-0.39, 0.29) is 13.2 Å². The van der Waals surface area contributed by atoms with E-state index in [2.05, 4.69) is 0 Å². The summed E-state index contributed by atoms with van der Waals surface area (Å²) in [7, 11) is -2.34. The molecule has 1 fully saturated rings. The molecule has 0 aromatic heterocycles. The first-order valence-corrected chi connectivity index (χ1v) is 14.5. The summed E-state index contributed by atoms with van der Waals surface area (Å²) in [5.74, 6) is 0. The molecule has 0 amide bonds. The normalized spacial score (nSPS) is 24.8. The molecule has 1 heterocycles. The molecule has 0 bridgehead atoms. The van der Waals surface area contributed by atoms with Gasteiger partial charge in [-0.15, -0.1) is 0 Å². The number of nitro groups is 1. The molecule has 2 radical (unpaired) electrons.